The summed E-state index contributed by atoms with van der Waals surface area (Å²) in [6.07, 6.45) is 7.69. The molecule has 0 aromatic heterocycles. The van der Waals surface area contributed by atoms with Crippen molar-refractivity contribution >= 4 is 9.05 Å². The third-order valence-electron chi connectivity index (χ3n) is 2.79. The van der Waals surface area contributed by atoms with Crippen LogP contribution in [0, 0.1) is 0 Å². The van der Waals surface area contributed by atoms with Gasteiger partial charge in [0.15, 0.2) is 0 Å². The SMILES string of the molecule is CCCCCO[Si](OC)(OCCC)OCCCCC. The van der Waals surface area contributed by atoms with Gasteiger partial charge in [-0.25, -0.2) is 0 Å². The van der Waals surface area contributed by atoms with Crippen molar-refractivity contribution in [2.75, 3.05) is 26.9 Å². The Kier molecular flexibility index (Phi) is 13.1. The minimum atomic E-state index is -2.89. The van der Waals surface area contributed by atoms with Crippen LogP contribution in [-0.2, 0) is 17.7 Å². The van der Waals surface area contributed by atoms with Crippen molar-refractivity contribution in [3.05, 3.63) is 0 Å². The molecule has 0 aliphatic rings. The van der Waals surface area contributed by atoms with Crippen LogP contribution in [0.1, 0.15) is 65.7 Å². The van der Waals surface area contributed by atoms with Crippen LogP contribution in [0.2, 0.25) is 0 Å². The molecule has 0 spiro atoms. The van der Waals surface area contributed by atoms with Crippen molar-refractivity contribution < 1.29 is 17.7 Å². The van der Waals surface area contributed by atoms with Crippen molar-refractivity contribution in [3.63, 3.8) is 0 Å². The van der Waals surface area contributed by atoms with Crippen LogP contribution in [0.25, 0.3) is 0 Å². The molecule has 0 saturated carbocycles. The molecule has 19 heavy (non-hydrogen) atoms. The van der Waals surface area contributed by atoms with Gasteiger partial charge in [-0.3, -0.25) is 0 Å². The standard InChI is InChI=1S/C14H32O4Si/c1-5-8-10-13-17-19(15-4,16-12-7-3)18-14-11-9-6-2/h5-14H2,1-4H3. The Morgan fingerprint density at radius 3 is 1.47 bits per heavy atom. The first-order valence-corrected chi connectivity index (χ1v) is 9.35. The van der Waals surface area contributed by atoms with Crippen LogP contribution in [-0.4, -0.2) is 36.0 Å². The van der Waals surface area contributed by atoms with Crippen LogP contribution in [0.5, 0.6) is 0 Å². The van der Waals surface area contributed by atoms with Crippen molar-refractivity contribution in [1.82, 2.24) is 0 Å². The zero-order chi connectivity index (χ0) is 14.4. The normalized spacial score (nSPS) is 12.0. The molecule has 0 heterocycles. The minimum absolute atomic E-state index is 0.627. The Morgan fingerprint density at radius 2 is 1.11 bits per heavy atom. The van der Waals surface area contributed by atoms with Crippen LogP contribution in [0.3, 0.4) is 0 Å². The molecule has 5 heteroatoms. The summed E-state index contributed by atoms with van der Waals surface area (Å²) in [5.74, 6) is 0. The molecule has 116 valence electrons. The molecule has 0 atom stereocenters. The third kappa shape index (κ3) is 9.57. The van der Waals surface area contributed by atoms with Gasteiger partial charge in [0.2, 0.25) is 0 Å². The zero-order valence-electron chi connectivity index (χ0n) is 13.2. The summed E-state index contributed by atoms with van der Waals surface area (Å²) in [5.41, 5.74) is 0. The lowest BCUT2D eigenvalue weighted by Gasteiger charge is -2.26. The first-order valence-electron chi connectivity index (χ1n) is 7.71. The Hall–Kier alpha value is 0.0569. The summed E-state index contributed by atoms with van der Waals surface area (Å²) in [5, 5.41) is 0. The van der Waals surface area contributed by atoms with Gasteiger partial charge in [-0.05, 0) is 19.3 Å². The molecule has 0 unspecified atom stereocenters. The van der Waals surface area contributed by atoms with Crippen LogP contribution >= 0.6 is 0 Å². The molecule has 0 amide bonds. The monoisotopic (exact) mass is 292 g/mol. The van der Waals surface area contributed by atoms with Gasteiger partial charge in [0.1, 0.15) is 0 Å². The Morgan fingerprint density at radius 1 is 0.632 bits per heavy atom. The summed E-state index contributed by atoms with van der Waals surface area (Å²) in [6, 6.07) is 0. The largest absolute Gasteiger partial charge is 0.679 e. The van der Waals surface area contributed by atoms with E-state index in [0.29, 0.717) is 19.8 Å². The Balaban J connectivity index is 4.15. The van der Waals surface area contributed by atoms with Gasteiger partial charge in [-0.1, -0.05) is 46.5 Å². The first-order chi connectivity index (χ1) is 9.24. The summed E-state index contributed by atoms with van der Waals surface area (Å²) < 4.78 is 22.9. The first kappa shape index (κ1) is 19.1. The second-order valence-corrected chi connectivity index (χ2v) is 6.94. The van der Waals surface area contributed by atoms with Crippen molar-refractivity contribution in [2.45, 2.75) is 65.7 Å². The van der Waals surface area contributed by atoms with Gasteiger partial charge in [0.05, 0.1) is 0 Å². The van der Waals surface area contributed by atoms with Crippen LogP contribution in [0.15, 0.2) is 0 Å². The predicted molar refractivity (Wildman–Crippen MR) is 80.0 cm³/mol. The fourth-order valence-corrected chi connectivity index (χ4v) is 3.47. The molecule has 0 rings (SSSR count). The highest BCUT2D eigenvalue weighted by molar-refractivity contribution is 6.53. The summed E-state index contributed by atoms with van der Waals surface area (Å²) in [4.78, 5) is 0. The molecule has 0 bridgehead atoms. The minimum Gasteiger partial charge on any atom is -0.355 e. The lowest BCUT2D eigenvalue weighted by Crippen LogP contribution is -2.49. The quantitative estimate of drug-likeness (QED) is 0.359. The van der Waals surface area contributed by atoms with Gasteiger partial charge in [-0.2, -0.15) is 0 Å². The summed E-state index contributed by atoms with van der Waals surface area (Å²) in [6.45, 7) is 8.37. The topological polar surface area (TPSA) is 36.9 Å². The third-order valence-corrected chi connectivity index (χ3v) is 4.96. The molecule has 0 aliphatic carbocycles. The molecule has 4 nitrogen and oxygen atoms in total. The molecule has 0 fully saturated rings. The number of hydrogen-bond acceptors (Lipinski definition) is 4. The molecule has 0 aliphatic heterocycles. The molecule has 0 N–H and O–H groups in total. The van der Waals surface area contributed by atoms with E-state index in [-0.39, 0.29) is 0 Å². The molecular formula is C14H32O4Si. The maximum absolute atomic E-state index is 5.84. The van der Waals surface area contributed by atoms with E-state index in [1.807, 2.05) is 0 Å². The fraction of sp³-hybridized carbons (Fsp3) is 1.00. The van der Waals surface area contributed by atoms with Gasteiger partial charge >= 0.3 is 9.05 Å². The zero-order valence-corrected chi connectivity index (χ0v) is 14.2. The molecule has 0 radical (unpaired) electrons. The predicted octanol–water partition coefficient (Wildman–Crippen LogP) is 3.91. The van der Waals surface area contributed by atoms with Gasteiger partial charge < -0.3 is 17.7 Å². The van der Waals surface area contributed by atoms with Gasteiger partial charge in [0, 0.05) is 26.9 Å². The van der Waals surface area contributed by atoms with E-state index in [2.05, 4.69) is 20.8 Å². The second kappa shape index (κ2) is 13.1. The van der Waals surface area contributed by atoms with E-state index in [1.54, 1.807) is 7.11 Å². The van der Waals surface area contributed by atoms with Gasteiger partial charge in [0.25, 0.3) is 0 Å². The van der Waals surface area contributed by atoms with E-state index in [1.165, 1.54) is 12.8 Å². The highest BCUT2D eigenvalue weighted by Crippen LogP contribution is 2.14. The van der Waals surface area contributed by atoms with Crippen LogP contribution < -0.4 is 0 Å². The lowest BCUT2D eigenvalue weighted by molar-refractivity contribution is -0.0237. The van der Waals surface area contributed by atoms with Crippen molar-refractivity contribution in [2.24, 2.45) is 0 Å². The van der Waals surface area contributed by atoms with E-state index in [4.69, 9.17) is 17.7 Å². The lowest BCUT2D eigenvalue weighted by atomic mass is 10.3. The number of unbranched alkanes of at least 4 members (excludes halogenated alkanes) is 4. The summed E-state index contributed by atoms with van der Waals surface area (Å²) >= 11 is 0. The van der Waals surface area contributed by atoms with E-state index in [9.17, 15) is 0 Å². The average Bonchev–Trinajstić information content (AvgIpc) is 2.45. The second-order valence-electron chi connectivity index (χ2n) is 4.66. The number of hydrogen-bond donors (Lipinski definition) is 0. The molecule has 0 saturated heterocycles. The molecule has 0 aromatic rings. The average molecular weight is 292 g/mol. The van der Waals surface area contributed by atoms with Gasteiger partial charge in [-0.15, -0.1) is 0 Å². The van der Waals surface area contributed by atoms with E-state index < -0.39 is 9.05 Å². The summed E-state index contributed by atoms with van der Waals surface area (Å²) in [7, 11) is -1.26. The Labute approximate surface area is 120 Å². The Bertz CT molecular complexity index is 178. The van der Waals surface area contributed by atoms with E-state index >= 15 is 0 Å². The number of rotatable bonds is 14. The highest BCUT2D eigenvalue weighted by atomic mass is 28.4. The molecular weight excluding hydrogens is 260 g/mol. The fourth-order valence-electron chi connectivity index (χ4n) is 1.63. The van der Waals surface area contributed by atoms with Crippen molar-refractivity contribution in [3.8, 4) is 0 Å². The van der Waals surface area contributed by atoms with E-state index in [0.717, 1.165) is 32.1 Å². The highest BCUT2D eigenvalue weighted by Gasteiger charge is 2.44. The van der Waals surface area contributed by atoms with Crippen LogP contribution in [0.4, 0.5) is 0 Å². The van der Waals surface area contributed by atoms with Crippen molar-refractivity contribution in [1.29, 1.82) is 0 Å². The molecule has 0 aromatic carbocycles. The maximum Gasteiger partial charge on any atom is 0.679 e. The smallest absolute Gasteiger partial charge is 0.355 e. The maximum atomic E-state index is 5.84.